The van der Waals surface area contributed by atoms with E-state index < -0.39 is 10.1 Å². The molecule has 1 rings (SSSR count). The van der Waals surface area contributed by atoms with E-state index in [2.05, 4.69) is 5.32 Å². The Kier molecular flexibility index (Phi) is 9.63. The fourth-order valence-corrected chi connectivity index (χ4v) is 1.57. The Balaban J connectivity index is 0. The van der Waals surface area contributed by atoms with Crippen LogP contribution in [0.5, 0.6) is 0 Å². The van der Waals surface area contributed by atoms with Gasteiger partial charge in [-0.2, -0.15) is 8.42 Å². The molecule has 1 aromatic carbocycles. The van der Waals surface area contributed by atoms with E-state index in [-0.39, 0.29) is 34.5 Å². The zero-order valence-corrected chi connectivity index (χ0v) is 9.30. The average Bonchev–Trinajstić information content (AvgIpc) is 2.04. The predicted octanol–water partition coefficient (Wildman–Crippen LogP) is 0.429. The van der Waals surface area contributed by atoms with Crippen molar-refractivity contribution in [2.45, 2.75) is 11.8 Å². The topological polar surface area (TPSA) is 66.4 Å². The molecule has 0 saturated carbocycles. The summed E-state index contributed by atoms with van der Waals surface area (Å²) in [4.78, 5) is -0.0278. The number of aryl methyl sites for hydroxylation is 1. The number of nitrogens with one attached hydrogen (secondary N) is 1. The van der Waals surface area contributed by atoms with Crippen LogP contribution in [-0.4, -0.2) is 56.6 Å². The molecule has 2 N–H and O–H groups in total. The van der Waals surface area contributed by atoms with Crippen LogP contribution < -0.4 is 5.32 Å². The number of hydrogen-bond donors (Lipinski definition) is 2. The van der Waals surface area contributed by atoms with E-state index in [1.807, 2.05) is 14.1 Å². The summed E-state index contributed by atoms with van der Waals surface area (Å²) in [5.41, 5.74) is 0.551. The van der Waals surface area contributed by atoms with Crippen molar-refractivity contribution in [3.8, 4) is 0 Å². The Bertz CT molecular complexity index is 379. The summed E-state index contributed by atoms with van der Waals surface area (Å²) in [5, 5.41) is 2.75. The van der Waals surface area contributed by atoms with Crippen LogP contribution in [-0.2, 0) is 10.1 Å². The summed E-state index contributed by atoms with van der Waals surface area (Å²) in [7, 11) is -0.283. The molecule has 4 nitrogen and oxygen atoms in total. The molecular weight excluding hydrogens is 225 g/mol. The van der Waals surface area contributed by atoms with Gasteiger partial charge in [-0.3, -0.25) is 4.55 Å². The Hall–Kier alpha value is 0.0900. The predicted molar refractivity (Wildman–Crippen MR) is 63.1 cm³/mol. The molecule has 0 aliphatic rings. The van der Waals surface area contributed by atoms with Crippen LogP contribution in [0.3, 0.4) is 0 Å². The van der Waals surface area contributed by atoms with Gasteiger partial charge in [0, 0.05) is 0 Å². The quantitative estimate of drug-likeness (QED) is 0.552. The van der Waals surface area contributed by atoms with Crippen molar-refractivity contribution in [1.82, 2.24) is 5.32 Å². The standard InChI is InChI=1S/C7H8O3S.C2H7N.Na.H/c1-6-4-2-3-5-7(6)11(8,9)10;1-3-2;;/h2-5H,1H3,(H,8,9,10);3H,1-2H3;;. The average molecular weight is 241 g/mol. The molecular formula is C9H16NNaO3S. The second kappa shape index (κ2) is 8.27. The maximum absolute atomic E-state index is 10.6. The van der Waals surface area contributed by atoms with Crippen molar-refractivity contribution in [3.05, 3.63) is 29.8 Å². The molecule has 0 amide bonds. The molecule has 0 aliphatic carbocycles. The van der Waals surface area contributed by atoms with Gasteiger partial charge in [0.1, 0.15) is 0 Å². The molecule has 1 aromatic rings. The second-order valence-electron chi connectivity index (χ2n) is 2.74. The van der Waals surface area contributed by atoms with Crippen molar-refractivity contribution in [3.63, 3.8) is 0 Å². The fourth-order valence-electron chi connectivity index (χ4n) is 0.846. The van der Waals surface area contributed by atoms with Crippen LogP contribution in [0.4, 0.5) is 0 Å². The molecule has 0 unspecified atom stereocenters. The molecule has 0 heterocycles. The maximum atomic E-state index is 10.6. The third-order valence-electron chi connectivity index (χ3n) is 1.37. The molecule has 0 atom stereocenters. The van der Waals surface area contributed by atoms with Crippen molar-refractivity contribution < 1.29 is 13.0 Å². The Labute approximate surface area is 113 Å². The van der Waals surface area contributed by atoms with E-state index in [1.165, 1.54) is 6.07 Å². The van der Waals surface area contributed by atoms with Gasteiger partial charge in [0.05, 0.1) is 4.90 Å². The van der Waals surface area contributed by atoms with Crippen LogP contribution in [0.1, 0.15) is 5.56 Å². The van der Waals surface area contributed by atoms with Gasteiger partial charge in [0.15, 0.2) is 0 Å². The summed E-state index contributed by atoms with van der Waals surface area (Å²) in [6.07, 6.45) is 0. The minimum absolute atomic E-state index is 0. The summed E-state index contributed by atoms with van der Waals surface area (Å²) < 4.78 is 29.9. The van der Waals surface area contributed by atoms with Gasteiger partial charge >= 0.3 is 29.6 Å². The van der Waals surface area contributed by atoms with E-state index in [9.17, 15) is 8.42 Å². The van der Waals surface area contributed by atoms with Gasteiger partial charge in [0.2, 0.25) is 0 Å². The molecule has 0 spiro atoms. The van der Waals surface area contributed by atoms with Crippen molar-refractivity contribution >= 4 is 39.7 Å². The summed E-state index contributed by atoms with van der Waals surface area (Å²) in [6.45, 7) is 1.63. The van der Waals surface area contributed by atoms with Gasteiger partial charge in [-0.05, 0) is 32.6 Å². The molecule has 0 saturated heterocycles. The van der Waals surface area contributed by atoms with Crippen molar-refractivity contribution in [2.75, 3.05) is 14.1 Å². The zero-order valence-electron chi connectivity index (χ0n) is 8.48. The molecule has 0 aromatic heterocycles. The van der Waals surface area contributed by atoms with E-state index in [0.717, 1.165) is 0 Å². The zero-order chi connectivity index (χ0) is 11.2. The van der Waals surface area contributed by atoms with Gasteiger partial charge in [-0.25, -0.2) is 0 Å². The van der Waals surface area contributed by atoms with Gasteiger partial charge in [-0.1, -0.05) is 18.2 Å². The molecule has 82 valence electrons. The van der Waals surface area contributed by atoms with Crippen molar-refractivity contribution in [2.24, 2.45) is 0 Å². The molecule has 6 heteroatoms. The third kappa shape index (κ3) is 7.05. The fraction of sp³-hybridized carbons (Fsp3) is 0.333. The van der Waals surface area contributed by atoms with E-state index in [1.54, 1.807) is 25.1 Å². The first-order valence-corrected chi connectivity index (χ1v) is 5.49. The molecule has 0 aliphatic heterocycles. The van der Waals surface area contributed by atoms with Crippen molar-refractivity contribution in [1.29, 1.82) is 0 Å². The number of hydrogen-bond acceptors (Lipinski definition) is 3. The van der Waals surface area contributed by atoms with E-state index >= 15 is 0 Å². The molecule has 0 bridgehead atoms. The van der Waals surface area contributed by atoms with Crippen LogP contribution in [0.25, 0.3) is 0 Å². The summed E-state index contributed by atoms with van der Waals surface area (Å²) >= 11 is 0. The van der Waals surface area contributed by atoms with E-state index in [0.29, 0.717) is 5.56 Å². The SMILES string of the molecule is CNC.Cc1ccccc1S(=O)(=O)O.[NaH]. The summed E-state index contributed by atoms with van der Waals surface area (Å²) in [6, 6.07) is 6.27. The Morgan fingerprint density at radius 2 is 1.60 bits per heavy atom. The van der Waals surface area contributed by atoms with Gasteiger partial charge < -0.3 is 5.32 Å². The minimum atomic E-state index is -4.03. The first-order chi connectivity index (χ1) is 6.43. The first-order valence-electron chi connectivity index (χ1n) is 4.05. The van der Waals surface area contributed by atoms with Crippen LogP contribution in [0.15, 0.2) is 29.2 Å². The number of benzene rings is 1. The van der Waals surface area contributed by atoms with E-state index in [4.69, 9.17) is 4.55 Å². The van der Waals surface area contributed by atoms with Crippen LogP contribution in [0.2, 0.25) is 0 Å². The van der Waals surface area contributed by atoms with Crippen LogP contribution in [0, 0.1) is 6.92 Å². The van der Waals surface area contributed by atoms with Crippen LogP contribution >= 0.6 is 0 Å². The second-order valence-corrected chi connectivity index (χ2v) is 4.13. The number of rotatable bonds is 1. The van der Waals surface area contributed by atoms with Gasteiger partial charge in [-0.15, -0.1) is 0 Å². The first kappa shape index (κ1) is 17.5. The normalized spacial score (nSPS) is 9.60. The third-order valence-corrected chi connectivity index (χ3v) is 2.39. The molecule has 15 heavy (non-hydrogen) atoms. The van der Waals surface area contributed by atoms with Gasteiger partial charge in [0.25, 0.3) is 10.1 Å². The monoisotopic (exact) mass is 241 g/mol. The Morgan fingerprint density at radius 1 is 1.20 bits per heavy atom. The summed E-state index contributed by atoms with van der Waals surface area (Å²) in [5.74, 6) is 0. The molecule has 0 fully saturated rings. The molecule has 0 radical (unpaired) electrons. The Morgan fingerprint density at radius 3 is 1.87 bits per heavy atom.